The summed E-state index contributed by atoms with van der Waals surface area (Å²) in [4.78, 5) is 12.6. The minimum absolute atomic E-state index is 0.536. The third-order valence-electron chi connectivity index (χ3n) is 2.62. The van der Waals surface area contributed by atoms with Crippen molar-refractivity contribution in [3.8, 4) is 0 Å². The van der Waals surface area contributed by atoms with Gasteiger partial charge in [-0.25, -0.2) is 0 Å². The summed E-state index contributed by atoms with van der Waals surface area (Å²) in [5, 5.41) is 0. The first-order valence-corrected chi connectivity index (χ1v) is 6.56. The van der Waals surface area contributed by atoms with Crippen LogP contribution in [-0.2, 0) is 0 Å². The highest BCUT2D eigenvalue weighted by Gasteiger charge is 2.02. The van der Waals surface area contributed by atoms with E-state index < -0.39 is 0 Å². The Balaban J connectivity index is 0.000000180. The predicted molar refractivity (Wildman–Crippen MR) is 78.8 cm³/mol. The van der Waals surface area contributed by atoms with Crippen LogP contribution in [0.3, 0.4) is 0 Å². The van der Waals surface area contributed by atoms with Crippen molar-refractivity contribution < 1.29 is 0 Å². The number of aliphatic imine (C=N–C) groups is 2. The van der Waals surface area contributed by atoms with E-state index in [2.05, 4.69) is 42.7 Å². The van der Waals surface area contributed by atoms with Crippen molar-refractivity contribution in [2.45, 2.75) is 33.6 Å². The minimum Gasteiger partial charge on any atom is -0.289 e. The van der Waals surface area contributed by atoms with E-state index >= 15 is 0 Å². The molecule has 0 aliphatic carbocycles. The summed E-state index contributed by atoms with van der Waals surface area (Å²) in [6.45, 7) is 10.3. The fourth-order valence-corrected chi connectivity index (χ4v) is 1.48. The molecule has 98 valence electrons. The fourth-order valence-electron chi connectivity index (χ4n) is 1.48. The van der Waals surface area contributed by atoms with Crippen LogP contribution >= 0.6 is 0 Å². The molecular weight excluding hydrogens is 222 g/mol. The molecule has 0 unspecified atom stereocenters. The Labute approximate surface area is 110 Å². The van der Waals surface area contributed by atoms with E-state index in [-0.39, 0.29) is 0 Å². The van der Waals surface area contributed by atoms with E-state index in [1.54, 1.807) is 0 Å². The van der Waals surface area contributed by atoms with Gasteiger partial charge in [-0.15, -0.1) is 0 Å². The molecule has 0 atom stereocenters. The summed E-state index contributed by atoms with van der Waals surface area (Å²) in [7, 11) is 0. The second kappa shape index (κ2) is 7.75. The Morgan fingerprint density at radius 2 is 1.78 bits per heavy atom. The zero-order valence-electron chi connectivity index (χ0n) is 11.8. The first-order valence-electron chi connectivity index (χ1n) is 6.56. The monoisotopic (exact) mass is 245 g/mol. The molecule has 0 fully saturated rings. The van der Waals surface area contributed by atoms with Gasteiger partial charge in [0, 0.05) is 18.1 Å². The fraction of sp³-hybridized carbons (Fsp3) is 0.533. The van der Waals surface area contributed by atoms with Crippen LogP contribution in [0.15, 0.2) is 34.4 Å². The summed E-state index contributed by atoms with van der Waals surface area (Å²) < 4.78 is 0. The lowest BCUT2D eigenvalue weighted by Gasteiger charge is -2.07. The number of pyridine rings is 1. The zero-order chi connectivity index (χ0) is 13.4. The number of rotatable bonds is 2. The van der Waals surface area contributed by atoms with Crippen molar-refractivity contribution in [1.29, 1.82) is 0 Å². The van der Waals surface area contributed by atoms with Gasteiger partial charge in [-0.3, -0.25) is 15.0 Å². The van der Waals surface area contributed by atoms with Crippen LogP contribution in [0.1, 0.15) is 39.3 Å². The zero-order valence-corrected chi connectivity index (χ0v) is 11.8. The van der Waals surface area contributed by atoms with Crippen molar-refractivity contribution in [2.24, 2.45) is 15.9 Å². The van der Waals surface area contributed by atoms with Crippen LogP contribution in [0.5, 0.6) is 0 Å². The van der Waals surface area contributed by atoms with E-state index in [1.165, 1.54) is 0 Å². The van der Waals surface area contributed by atoms with Gasteiger partial charge in [-0.2, -0.15) is 0 Å². The summed E-state index contributed by atoms with van der Waals surface area (Å²) in [6, 6.07) is 6.00. The van der Waals surface area contributed by atoms with Gasteiger partial charge < -0.3 is 0 Å². The van der Waals surface area contributed by atoms with Gasteiger partial charge in [0.15, 0.2) is 0 Å². The molecule has 2 rings (SSSR count). The summed E-state index contributed by atoms with van der Waals surface area (Å²) >= 11 is 0. The average Bonchev–Trinajstić information content (AvgIpc) is 2.41. The highest BCUT2D eigenvalue weighted by atomic mass is 14.9. The Bertz CT molecular complexity index is 391. The molecule has 1 aliphatic heterocycles. The first kappa shape index (κ1) is 14.6. The highest BCUT2D eigenvalue weighted by Crippen LogP contribution is 2.08. The van der Waals surface area contributed by atoms with Gasteiger partial charge in [0.1, 0.15) is 0 Å². The molecule has 2 heterocycles. The Morgan fingerprint density at radius 3 is 2.11 bits per heavy atom. The van der Waals surface area contributed by atoms with Crippen LogP contribution in [0.4, 0.5) is 0 Å². The third-order valence-corrected chi connectivity index (χ3v) is 2.62. The van der Waals surface area contributed by atoms with Crippen LogP contribution < -0.4 is 0 Å². The second-order valence-corrected chi connectivity index (χ2v) is 4.91. The van der Waals surface area contributed by atoms with E-state index in [9.17, 15) is 0 Å². The number of hydrogen-bond donors (Lipinski definition) is 0. The lowest BCUT2D eigenvalue weighted by atomic mass is 10.1. The van der Waals surface area contributed by atoms with Crippen LogP contribution in [-0.4, -0.2) is 30.0 Å². The van der Waals surface area contributed by atoms with Gasteiger partial charge >= 0.3 is 0 Å². The van der Waals surface area contributed by atoms with Crippen molar-refractivity contribution >= 4 is 11.9 Å². The lowest BCUT2D eigenvalue weighted by Crippen LogP contribution is -2.14. The Morgan fingerprint density at radius 1 is 1.00 bits per heavy atom. The molecule has 0 aromatic carbocycles. The molecule has 0 spiro atoms. The maximum Gasteiger partial charge on any atom is 0.0589 e. The molecule has 0 amide bonds. The largest absolute Gasteiger partial charge is 0.289 e. The van der Waals surface area contributed by atoms with E-state index in [1.807, 2.05) is 30.6 Å². The number of aromatic nitrogens is 1. The van der Waals surface area contributed by atoms with Gasteiger partial charge in [0.25, 0.3) is 0 Å². The van der Waals surface area contributed by atoms with E-state index in [4.69, 9.17) is 0 Å². The average molecular weight is 245 g/mol. The molecular formula is C15H23N3. The second-order valence-electron chi connectivity index (χ2n) is 4.91. The van der Waals surface area contributed by atoms with Gasteiger partial charge in [-0.1, -0.05) is 33.8 Å². The van der Waals surface area contributed by atoms with E-state index in [0.717, 1.165) is 24.5 Å². The van der Waals surface area contributed by atoms with Gasteiger partial charge in [0.2, 0.25) is 0 Å². The Kier molecular flexibility index (Phi) is 6.26. The summed E-state index contributed by atoms with van der Waals surface area (Å²) in [5.74, 6) is 1.08. The third kappa shape index (κ3) is 5.21. The summed E-state index contributed by atoms with van der Waals surface area (Å²) in [5.41, 5.74) is 2.30. The topological polar surface area (TPSA) is 37.6 Å². The predicted octanol–water partition coefficient (Wildman–Crippen LogP) is 3.37. The smallest absolute Gasteiger partial charge is 0.0589 e. The van der Waals surface area contributed by atoms with Crippen molar-refractivity contribution in [2.75, 3.05) is 13.1 Å². The first-order chi connectivity index (χ1) is 8.61. The number of hydrogen-bond acceptors (Lipinski definition) is 3. The summed E-state index contributed by atoms with van der Waals surface area (Å²) in [6.07, 6.45) is 3.71. The highest BCUT2D eigenvalue weighted by molar-refractivity contribution is 6.31. The van der Waals surface area contributed by atoms with Crippen LogP contribution in [0, 0.1) is 5.92 Å². The Hall–Kier alpha value is -1.51. The number of nitrogens with zero attached hydrogens (tertiary/aromatic N) is 3. The molecule has 0 bridgehead atoms. The van der Waals surface area contributed by atoms with Crippen LogP contribution in [0.25, 0.3) is 0 Å². The lowest BCUT2D eigenvalue weighted by molar-refractivity contribution is 0.823. The molecule has 0 N–H and O–H groups in total. The normalized spacial score (nSPS) is 14.2. The SMILES string of the molecule is CC(C)C1=NCCN=C1.CC(C)c1ccccn1. The molecule has 0 saturated heterocycles. The quantitative estimate of drug-likeness (QED) is 0.787. The molecule has 3 nitrogen and oxygen atoms in total. The van der Waals surface area contributed by atoms with E-state index in [0.29, 0.717) is 11.8 Å². The molecule has 18 heavy (non-hydrogen) atoms. The standard InChI is InChI=1S/C8H11N.C7H12N2/c1-7(2)8-5-3-4-6-9-8;1-6(2)7-5-8-3-4-9-7/h3-7H,1-2H3;5-6H,3-4H2,1-2H3. The van der Waals surface area contributed by atoms with Crippen molar-refractivity contribution in [3.63, 3.8) is 0 Å². The van der Waals surface area contributed by atoms with Gasteiger partial charge in [-0.05, 0) is 24.0 Å². The maximum absolute atomic E-state index is 4.30. The molecule has 0 radical (unpaired) electrons. The molecule has 1 aromatic heterocycles. The minimum atomic E-state index is 0.536. The molecule has 1 aliphatic rings. The molecule has 1 aromatic rings. The van der Waals surface area contributed by atoms with Crippen molar-refractivity contribution in [3.05, 3.63) is 30.1 Å². The molecule has 0 saturated carbocycles. The van der Waals surface area contributed by atoms with Crippen molar-refractivity contribution in [1.82, 2.24) is 4.98 Å². The van der Waals surface area contributed by atoms with Crippen LogP contribution in [0.2, 0.25) is 0 Å². The molecule has 3 heteroatoms. The van der Waals surface area contributed by atoms with Gasteiger partial charge in [0.05, 0.1) is 18.8 Å². The maximum atomic E-state index is 4.30.